The van der Waals surface area contributed by atoms with E-state index in [0.717, 1.165) is 24.7 Å². The summed E-state index contributed by atoms with van der Waals surface area (Å²) in [6.45, 7) is 0. The Balaban J connectivity index is 2.60. The van der Waals surface area contributed by atoms with Crippen molar-refractivity contribution in [2.75, 3.05) is 5.75 Å². The standard InChI is InChI=1S/C6H8O2S2/c7-4-6(5-8)2-1-3-9-10-6/h4-5H,1-3H2. The summed E-state index contributed by atoms with van der Waals surface area (Å²) < 4.78 is -0.719. The molecule has 0 aliphatic carbocycles. The highest BCUT2D eigenvalue weighted by Gasteiger charge is 2.32. The minimum atomic E-state index is -0.719. The molecule has 1 fully saturated rings. The zero-order valence-electron chi connectivity index (χ0n) is 5.41. The molecule has 1 saturated heterocycles. The fourth-order valence-corrected chi connectivity index (χ4v) is 3.40. The maximum Gasteiger partial charge on any atom is 0.144 e. The molecule has 0 bridgehead atoms. The predicted octanol–water partition coefficient (Wildman–Crippen LogP) is 1.30. The van der Waals surface area contributed by atoms with Crippen molar-refractivity contribution in [1.29, 1.82) is 0 Å². The molecule has 0 atom stereocenters. The highest BCUT2D eigenvalue weighted by Crippen LogP contribution is 2.41. The second kappa shape index (κ2) is 3.44. The molecule has 1 aliphatic rings. The van der Waals surface area contributed by atoms with Crippen LogP contribution in [0.5, 0.6) is 0 Å². The van der Waals surface area contributed by atoms with Crippen molar-refractivity contribution in [3.63, 3.8) is 0 Å². The minimum absolute atomic E-state index is 0.706. The summed E-state index contributed by atoms with van der Waals surface area (Å²) in [5, 5.41) is 0. The van der Waals surface area contributed by atoms with Crippen LogP contribution in [-0.2, 0) is 9.59 Å². The van der Waals surface area contributed by atoms with Crippen LogP contribution in [0.4, 0.5) is 0 Å². The van der Waals surface area contributed by atoms with Crippen LogP contribution in [0.2, 0.25) is 0 Å². The Hall–Kier alpha value is 0.0400. The molecular weight excluding hydrogens is 168 g/mol. The Morgan fingerprint density at radius 1 is 1.30 bits per heavy atom. The number of hydrogen-bond acceptors (Lipinski definition) is 4. The van der Waals surface area contributed by atoms with Gasteiger partial charge >= 0.3 is 0 Å². The smallest absolute Gasteiger partial charge is 0.144 e. The van der Waals surface area contributed by atoms with Gasteiger partial charge in [0.15, 0.2) is 0 Å². The number of hydrogen-bond donors (Lipinski definition) is 0. The first-order valence-corrected chi connectivity index (χ1v) is 5.38. The molecule has 2 nitrogen and oxygen atoms in total. The van der Waals surface area contributed by atoms with Gasteiger partial charge in [0.2, 0.25) is 0 Å². The monoisotopic (exact) mass is 176 g/mol. The highest BCUT2D eigenvalue weighted by atomic mass is 33.1. The van der Waals surface area contributed by atoms with Crippen LogP contribution in [-0.4, -0.2) is 23.1 Å². The van der Waals surface area contributed by atoms with Gasteiger partial charge in [-0.1, -0.05) is 21.6 Å². The molecule has 1 rings (SSSR count). The zero-order valence-corrected chi connectivity index (χ0v) is 7.04. The van der Waals surface area contributed by atoms with E-state index in [9.17, 15) is 9.59 Å². The van der Waals surface area contributed by atoms with E-state index in [1.54, 1.807) is 10.8 Å². The molecule has 0 N–H and O–H groups in total. The summed E-state index contributed by atoms with van der Waals surface area (Å²) in [7, 11) is 3.00. The molecule has 0 radical (unpaired) electrons. The summed E-state index contributed by atoms with van der Waals surface area (Å²) >= 11 is 0. The molecule has 1 heterocycles. The van der Waals surface area contributed by atoms with Gasteiger partial charge in [-0.2, -0.15) is 0 Å². The average Bonchev–Trinajstić information content (AvgIpc) is 2.06. The van der Waals surface area contributed by atoms with E-state index >= 15 is 0 Å². The first-order chi connectivity index (χ1) is 4.83. The summed E-state index contributed by atoms with van der Waals surface area (Å²) in [6.07, 6.45) is 3.19. The molecule has 0 aromatic carbocycles. The van der Waals surface area contributed by atoms with Crippen molar-refractivity contribution in [1.82, 2.24) is 0 Å². The van der Waals surface area contributed by atoms with Crippen LogP contribution < -0.4 is 0 Å². The number of rotatable bonds is 2. The van der Waals surface area contributed by atoms with Crippen LogP contribution in [0, 0.1) is 0 Å². The van der Waals surface area contributed by atoms with Gasteiger partial charge in [-0.3, -0.25) is 0 Å². The summed E-state index contributed by atoms with van der Waals surface area (Å²) in [6, 6.07) is 0. The van der Waals surface area contributed by atoms with Gasteiger partial charge in [0.1, 0.15) is 17.3 Å². The van der Waals surface area contributed by atoms with Crippen molar-refractivity contribution in [2.45, 2.75) is 17.6 Å². The lowest BCUT2D eigenvalue weighted by atomic mass is 10.1. The molecule has 10 heavy (non-hydrogen) atoms. The summed E-state index contributed by atoms with van der Waals surface area (Å²) in [5.74, 6) is 1.05. The maximum absolute atomic E-state index is 10.4. The van der Waals surface area contributed by atoms with E-state index in [2.05, 4.69) is 0 Å². The van der Waals surface area contributed by atoms with Gasteiger partial charge < -0.3 is 9.59 Å². The van der Waals surface area contributed by atoms with Crippen molar-refractivity contribution in [3.8, 4) is 0 Å². The van der Waals surface area contributed by atoms with Crippen molar-refractivity contribution in [2.24, 2.45) is 0 Å². The van der Waals surface area contributed by atoms with E-state index in [-0.39, 0.29) is 0 Å². The Bertz CT molecular complexity index is 131. The van der Waals surface area contributed by atoms with Crippen LogP contribution in [0.15, 0.2) is 0 Å². The third kappa shape index (κ3) is 1.55. The van der Waals surface area contributed by atoms with Crippen molar-refractivity contribution in [3.05, 3.63) is 0 Å². The van der Waals surface area contributed by atoms with E-state index < -0.39 is 4.75 Å². The van der Waals surface area contributed by atoms with E-state index in [0.29, 0.717) is 6.42 Å². The SMILES string of the molecule is O=CC1(C=O)CCCSS1. The topological polar surface area (TPSA) is 34.1 Å². The second-order valence-corrected chi connectivity index (χ2v) is 4.98. The zero-order chi connectivity index (χ0) is 7.45. The fraction of sp³-hybridized carbons (Fsp3) is 0.667. The van der Waals surface area contributed by atoms with Crippen molar-refractivity contribution >= 4 is 34.2 Å². The molecule has 0 saturated carbocycles. The average molecular weight is 176 g/mol. The predicted molar refractivity (Wildman–Crippen MR) is 44.1 cm³/mol. The Kier molecular flexibility index (Phi) is 2.80. The van der Waals surface area contributed by atoms with Crippen LogP contribution in [0.25, 0.3) is 0 Å². The minimum Gasteiger partial charge on any atom is -0.301 e. The molecule has 0 amide bonds. The second-order valence-electron chi connectivity index (χ2n) is 2.20. The van der Waals surface area contributed by atoms with Crippen LogP contribution in [0.1, 0.15) is 12.8 Å². The molecule has 56 valence electrons. The first-order valence-electron chi connectivity index (χ1n) is 3.06. The third-order valence-corrected chi connectivity index (χ3v) is 4.47. The van der Waals surface area contributed by atoms with Gasteiger partial charge in [0.25, 0.3) is 0 Å². The first kappa shape index (κ1) is 8.14. The Morgan fingerprint density at radius 2 is 2.00 bits per heavy atom. The van der Waals surface area contributed by atoms with Gasteiger partial charge in [0.05, 0.1) is 0 Å². The Morgan fingerprint density at radius 3 is 2.30 bits per heavy atom. The molecular formula is C6H8O2S2. The number of carbonyl (C=O) groups excluding carboxylic acids is 2. The van der Waals surface area contributed by atoms with Gasteiger partial charge in [-0.25, -0.2) is 0 Å². The van der Waals surface area contributed by atoms with E-state index in [1.165, 1.54) is 10.8 Å². The third-order valence-electron chi connectivity index (χ3n) is 1.41. The van der Waals surface area contributed by atoms with Crippen LogP contribution in [0.3, 0.4) is 0 Å². The quantitative estimate of drug-likeness (QED) is 0.361. The fourth-order valence-electron chi connectivity index (χ4n) is 0.785. The summed E-state index contributed by atoms with van der Waals surface area (Å²) in [4.78, 5) is 20.9. The molecule has 1 aliphatic heterocycles. The summed E-state index contributed by atoms with van der Waals surface area (Å²) in [5.41, 5.74) is 0. The molecule has 0 spiro atoms. The number of aldehydes is 2. The van der Waals surface area contributed by atoms with E-state index in [1.807, 2.05) is 0 Å². The lowest BCUT2D eigenvalue weighted by molar-refractivity contribution is -0.117. The largest absolute Gasteiger partial charge is 0.301 e. The Labute approximate surface area is 67.5 Å². The molecule has 0 unspecified atom stereocenters. The molecule has 0 aromatic heterocycles. The van der Waals surface area contributed by atoms with Gasteiger partial charge in [0, 0.05) is 5.75 Å². The van der Waals surface area contributed by atoms with Gasteiger partial charge in [-0.05, 0) is 12.8 Å². The lowest BCUT2D eigenvalue weighted by Crippen LogP contribution is -2.29. The van der Waals surface area contributed by atoms with Crippen LogP contribution >= 0.6 is 21.6 Å². The normalized spacial score (nSPS) is 23.6. The molecule has 0 aromatic rings. The van der Waals surface area contributed by atoms with Crippen molar-refractivity contribution < 1.29 is 9.59 Å². The van der Waals surface area contributed by atoms with Gasteiger partial charge in [-0.15, -0.1) is 0 Å². The number of carbonyl (C=O) groups is 2. The maximum atomic E-state index is 10.4. The lowest BCUT2D eigenvalue weighted by Gasteiger charge is -2.23. The highest BCUT2D eigenvalue weighted by molar-refractivity contribution is 8.77. The molecule has 4 heteroatoms. The van der Waals surface area contributed by atoms with E-state index in [4.69, 9.17) is 0 Å².